The molecule has 0 bridgehead atoms. The lowest BCUT2D eigenvalue weighted by Gasteiger charge is -2.23. The lowest BCUT2D eigenvalue weighted by molar-refractivity contribution is 0.0730. The maximum Gasteiger partial charge on any atom is 0.254 e. The molecule has 0 aliphatic carbocycles. The Kier molecular flexibility index (Phi) is 7.01. The lowest BCUT2D eigenvalue weighted by atomic mass is 10.1. The number of hydrogen-bond acceptors (Lipinski definition) is 6. The van der Waals surface area contributed by atoms with Crippen LogP contribution in [-0.2, 0) is 18.8 Å². The van der Waals surface area contributed by atoms with Crippen LogP contribution < -0.4 is 4.74 Å². The highest BCUT2D eigenvalue weighted by Crippen LogP contribution is 2.24. The molecule has 0 radical (unpaired) electrons. The van der Waals surface area contributed by atoms with Gasteiger partial charge in [-0.3, -0.25) is 9.89 Å². The number of thioether (sulfide) groups is 1. The molecule has 2 heterocycles. The van der Waals surface area contributed by atoms with E-state index in [4.69, 9.17) is 4.74 Å². The number of carbonyl (C=O) groups excluding carboxylic acids is 1. The minimum absolute atomic E-state index is 0.00579. The van der Waals surface area contributed by atoms with Gasteiger partial charge in [-0.05, 0) is 35.2 Å². The molecule has 1 N–H and O–H groups in total. The Morgan fingerprint density at radius 1 is 1.10 bits per heavy atom. The highest BCUT2D eigenvalue weighted by molar-refractivity contribution is 7.98. The minimum atomic E-state index is -0.00579. The van der Waals surface area contributed by atoms with Crippen LogP contribution in [0.15, 0.2) is 77.5 Å². The van der Waals surface area contributed by atoms with E-state index in [0.717, 1.165) is 32.7 Å². The van der Waals surface area contributed by atoms with Gasteiger partial charge >= 0.3 is 0 Å². The van der Waals surface area contributed by atoms with Crippen molar-refractivity contribution in [3.8, 4) is 5.75 Å². The standard InChI is InChI=1S/C23H22N4O2S2/c1-29-21-7-3-2-5-19(21)13-27(14-20-6-4-12-30-20)22(28)18-10-8-17(9-11-18)15-31-23-24-16-25-26-23/h2-12,16H,13-15H2,1H3,(H,24,25,26). The minimum Gasteiger partial charge on any atom is -0.496 e. The Balaban J connectivity index is 1.50. The number of ether oxygens (including phenoxy) is 1. The molecule has 0 unspecified atom stereocenters. The molecule has 0 saturated heterocycles. The fourth-order valence-electron chi connectivity index (χ4n) is 3.17. The van der Waals surface area contributed by atoms with Gasteiger partial charge in [-0.15, -0.1) is 11.3 Å². The van der Waals surface area contributed by atoms with Gasteiger partial charge in [0.1, 0.15) is 12.1 Å². The third-order valence-electron chi connectivity index (χ3n) is 4.74. The van der Waals surface area contributed by atoms with Crippen LogP contribution in [0.25, 0.3) is 0 Å². The molecule has 2 aromatic heterocycles. The fraction of sp³-hybridized carbons (Fsp3) is 0.174. The summed E-state index contributed by atoms with van der Waals surface area (Å²) >= 11 is 3.22. The van der Waals surface area contributed by atoms with Gasteiger partial charge in [0.05, 0.1) is 20.2 Å². The topological polar surface area (TPSA) is 71.1 Å². The number of aromatic nitrogens is 3. The molecule has 1 amide bonds. The van der Waals surface area contributed by atoms with Gasteiger partial charge in [0.15, 0.2) is 5.16 Å². The normalized spacial score (nSPS) is 10.7. The first kappa shape index (κ1) is 21.1. The van der Waals surface area contributed by atoms with Crippen molar-refractivity contribution in [1.82, 2.24) is 20.1 Å². The van der Waals surface area contributed by atoms with Crippen LogP contribution in [0, 0.1) is 0 Å². The third kappa shape index (κ3) is 5.53. The molecule has 0 aliphatic heterocycles. The monoisotopic (exact) mass is 450 g/mol. The molecule has 0 spiro atoms. The van der Waals surface area contributed by atoms with Crippen LogP contribution in [0.5, 0.6) is 5.75 Å². The highest BCUT2D eigenvalue weighted by atomic mass is 32.2. The van der Waals surface area contributed by atoms with E-state index in [9.17, 15) is 4.79 Å². The number of nitrogens with zero attached hydrogens (tertiary/aromatic N) is 3. The number of aromatic amines is 1. The van der Waals surface area contributed by atoms with E-state index < -0.39 is 0 Å². The van der Waals surface area contributed by atoms with Crippen molar-refractivity contribution >= 4 is 29.0 Å². The molecule has 158 valence electrons. The SMILES string of the molecule is COc1ccccc1CN(Cc1cccs1)C(=O)c1ccc(CSc2ncn[nH]2)cc1. The largest absolute Gasteiger partial charge is 0.496 e. The fourth-order valence-corrected chi connectivity index (χ4v) is 4.63. The van der Waals surface area contributed by atoms with E-state index in [2.05, 4.69) is 21.2 Å². The van der Waals surface area contributed by atoms with Crippen LogP contribution >= 0.6 is 23.1 Å². The Morgan fingerprint density at radius 3 is 2.65 bits per heavy atom. The summed E-state index contributed by atoms with van der Waals surface area (Å²) in [5.41, 5.74) is 2.77. The van der Waals surface area contributed by atoms with E-state index in [1.165, 1.54) is 6.33 Å². The molecule has 0 saturated carbocycles. The maximum atomic E-state index is 13.4. The Hall–Kier alpha value is -3.10. The van der Waals surface area contributed by atoms with Gasteiger partial charge in [0.2, 0.25) is 0 Å². The van der Waals surface area contributed by atoms with Gasteiger partial charge in [-0.25, -0.2) is 4.98 Å². The molecule has 6 nitrogen and oxygen atoms in total. The second-order valence-corrected chi connectivity index (χ2v) is 8.82. The van der Waals surface area contributed by atoms with Gasteiger partial charge < -0.3 is 9.64 Å². The van der Waals surface area contributed by atoms with Crippen molar-refractivity contribution in [2.24, 2.45) is 0 Å². The summed E-state index contributed by atoms with van der Waals surface area (Å²) < 4.78 is 5.49. The quantitative estimate of drug-likeness (QED) is 0.363. The number of amides is 1. The van der Waals surface area contributed by atoms with E-state index >= 15 is 0 Å². The van der Waals surface area contributed by atoms with Crippen molar-refractivity contribution in [2.75, 3.05) is 7.11 Å². The summed E-state index contributed by atoms with van der Waals surface area (Å²) in [5, 5.41) is 9.50. The van der Waals surface area contributed by atoms with Crippen molar-refractivity contribution in [2.45, 2.75) is 24.0 Å². The maximum absolute atomic E-state index is 13.4. The average molecular weight is 451 g/mol. The third-order valence-corrected chi connectivity index (χ3v) is 6.55. The van der Waals surface area contributed by atoms with E-state index in [1.807, 2.05) is 64.9 Å². The van der Waals surface area contributed by atoms with Gasteiger partial charge in [-0.2, -0.15) is 5.10 Å². The number of rotatable bonds is 9. The first-order valence-corrected chi connectivity index (χ1v) is 11.6. The number of methoxy groups -OCH3 is 1. The van der Waals surface area contributed by atoms with Gasteiger partial charge in [0.25, 0.3) is 5.91 Å². The smallest absolute Gasteiger partial charge is 0.254 e. The summed E-state index contributed by atoms with van der Waals surface area (Å²) in [5.74, 6) is 1.53. The molecular weight excluding hydrogens is 428 g/mol. The van der Waals surface area contributed by atoms with E-state index in [1.54, 1.807) is 30.2 Å². The molecule has 0 aliphatic rings. The number of benzene rings is 2. The number of H-pyrrole nitrogens is 1. The number of nitrogens with one attached hydrogen (secondary N) is 1. The van der Waals surface area contributed by atoms with Crippen molar-refractivity contribution in [3.63, 3.8) is 0 Å². The Bertz CT molecular complexity index is 1100. The van der Waals surface area contributed by atoms with Gasteiger partial charge in [-0.1, -0.05) is 48.2 Å². The number of hydrogen-bond donors (Lipinski definition) is 1. The Morgan fingerprint density at radius 2 is 1.94 bits per heavy atom. The van der Waals surface area contributed by atoms with Crippen LogP contribution in [0.1, 0.15) is 26.4 Å². The highest BCUT2D eigenvalue weighted by Gasteiger charge is 2.19. The molecule has 4 aromatic rings. The average Bonchev–Trinajstić information content (AvgIpc) is 3.52. The van der Waals surface area contributed by atoms with Crippen LogP contribution in [0.3, 0.4) is 0 Å². The van der Waals surface area contributed by atoms with Crippen molar-refractivity contribution in [1.29, 1.82) is 0 Å². The predicted molar refractivity (Wildman–Crippen MR) is 123 cm³/mol. The number of carbonyl (C=O) groups is 1. The van der Waals surface area contributed by atoms with E-state index in [-0.39, 0.29) is 5.91 Å². The summed E-state index contributed by atoms with van der Waals surface area (Å²) in [6.07, 6.45) is 1.49. The molecule has 2 aromatic carbocycles. The van der Waals surface area contributed by atoms with Crippen LogP contribution in [0.2, 0.25) is 0 Å². The zero-order valence-electron chi connectivity index (χ0n) is 17.0. The molecule has 0 atom stereocenters. The first-order valence-electron chi connectivity index (χ1n) is 9.73. The molecule has 4 rings (SSSR count). The number of para-hydroxylation sites is 1. The molecular formula is C23H22N4O2S2. The molecule has 31 heavy (non-hydrogen) atoms. The summed E-state index contributed by atoms with van der Waals surface area (Å²) in [6.45, 7) is 1.03. The van der Waals surface area contributed by atoms with Crippen LogP contribution in [-0.4, -0.2) is 33.1 Å². The first-order chi connectivity index (χ1) is 15.2. The van der Waals surface area contributed by atoms with Crippen LogP contribution in [0.4, 0.5) is 0 Å². The zero-order chi connectivity index (χ0) is 21.5. The summed E-state index contributed by atoms with van der Waals surface area (Å²) in [4.78, 5) is 20.5. The summed E-state index contributed by atoms with van der Waals surface area (Å²) in [6, 6.07) is 19.6. The lowest BCUT2D eigenvalue weighted by Crippen LogP contribution is -2.30. The van der Waals surface area contributed by atoms with Gasteiger partial charge in [0, 0.05) is 21.8 Å². The number of thiophene rings is 1. The molecule has 0 fully saturated rings. The second kappa shape index (κ2) is 10.3. The zero-order valence-corrected chi connectivity index (χ0v) is 18.7. The summed E-state index contributed by atoms with van der Waals surface area (Å²) in [7, 11) is 1.65. The van der Waals surface area contributed by atoms with Crippen molar-refractivity contribution < 1.29 is 9.53 Å². The predicted octanol–water partition coefficient (Wildman–Crippen LogP) is 5.01. The van der Waals surface area contributed by atoms with Crippen molar-refractivity contribution in [3.05, 3.63) is 93.9 Å². The van der Waals surface area contributed by atoms with E-state index in [0.29, 0.717) is 18.7 Å². The Labute approximate surface area is 189 Å². The molecule has 8 heteroatoms. The second-order valence-electron chi connectivity index (χ2n) is 6.83.